The predicted octanol–water partition coefficient (Wildman–Crippen LogP) is 3.41. The quantitative estimate of drug-likeness (QED) is 0.763. The molecule has 1 saturated heterocycles. The molecular formula is C11H15Cl2N3. The molecule has 1 aromatic rings. The first-order valence-corrected chi connectivity index (χ1v) is 6.39. The van der Waals surface area contributed by atoms with Crippen LogP contribution in [0.5, 0.6) is 0 Å². The standard InChI is InChI=1S/C11H15Cl2N3/c1-2-8-3-5-16(6-4-8)10-9(12)7-14-11(13)15-10/h7-8H,2-6H2,1H3. The molecule has 16 heavy (non-hydrogen) atoms. The van der Waals surface area contributed by atoms with Gasteiger partial charge < -0.3 is 4.90 Å². The molecule has 0 aliphatic carbocycles. The summed E-state index contributed by atoms with van der Waals surface area (Å²) in [5, 5.41) is 0.844. The number of hydrogen-bond donors (Lipinski definition) is 0. The lowest BCUT2D eigenvalue weighted by atomic mass is 9.94. The van der Waals surface area contributed by atoms with Gasteiger partial charge in [-0.05, 0) is 30.4 Å². The molecule has 2 heterocycles. The van der Waals surface area contributed by atoms with Crippen LogP contribution >= 0.6 is 23.2 Å². The van der Waals surface area contributed by atoms with Crippen molar-refractivity contribution in [1.82, 2.24) is 9.97 Å². The lowest BCUT2D eigenvalue weighted by Gasteiger charge is -2.32. The maximum atomic E-state index is 6.07. The molecule has 0 unspecified atom stereocenters. The third-order valence-electron chi connectivity index (χ3n) is 3.19. The Labute approximate surface area is 106 Å². The third kappa shape index (κ3) is 2.58. The highest BCUT2D eigenvalue weighted by atomic mass is 35.5. The molecule has 3 nitrogen and oxygen atoms in total. The normalized spacial score (nSPS) is 17.8. The van der Waals surface area contributed by atoms with Gasteiger partial charge in [-0.1, -0.05) is 24.9 Å². The van der Waals surface area contributed by atoms with Gasteiger partial charge in [-0.2, -0.15) is 4.98 Å². The van der Waals surface area contributed by atoms with E-state index in [1.807, 2.05) is 0 Å². The Bertz CT molecular complexity index is 362. The van der Waals surface area contributed by atoms with Crippen molar-refractivity contribution in [1.29, 1.82) is 0 Å². The summed E-state index contributed by atoms with van der Waals surface area (Å²) >= 11 is 11.9. The minimum Gasteiger partial charge on any atom is -0.355 e. The topological polar surface area (TPSA) is 29.0 Å². The molecule has 0 N–H and O–H groups in total. The molecule has 88 valence electrons. The number of aromatic nitrogens is 2. The van der Waals surface area contributed by atoms with Crippen molar-refractivity contribution in [3.8, 4) is 0 Å². The zero-order chi connectivity index (χ0) is 11.5. The lowest BCUT2D eigenvalue weighted by Crippen LogP contribution is -2.34. The largest absolute Gasteiger partial charge is 0.355 e. The number of anilines is 1. The van der Waals surface area contributed by atoms with Crippen molar-refractivity contribution in [3.05, 3.63) is 16.5 Å². The van der Waals surface area contributed by atoms with Crippen LogP contribution in [0.15, 0.2) is 6.20 Å². The molecule has 2 rings (SSSR count). The van der Waals surface area contributed by atoms with Crippen LogP contribution in [-0.4, -0.2) is 23.1 Å². The van der Waals surface area contributed by atoms with Gasteiger partial charge in [0.15, 0.2) is 5.82 Å². The molecule has 5 heteroatoms. The lowest BCUT2D eigenvalue weighted by molar-refractivity contribution is 0.393. The minimum atomic E-state index is 0.261. The first kappa shape index (κ1) is 11.9. The second kappa shape index (κ2) is 5.19. The summed E-state index contributed by atoms with van der Waals surface area (Å²) in [6.07, 6.45) is 5.23. The molecule has 0 bridgehead atoms. The van der Waals surface area contributed by atoms with Gasteiger partial charge in [-0.15, -0.1) is 0 Å². The van der Waals surface area contributed by atoms with E-state index in [9.17, 15) is 0 Å². The monoisotopic (exact) mass is 259 g/mol. The molecule has 1 fully saturated rings. The average molecular weight is 260 g/mol. The highest BCUT2D eigenvalue weighted by Crippen LogP contribution is 2.28. The Morgan fingerprint density at radius 2 is 2.06 bits per heavy atom. The minimum absolute atomic E-state index is 0.261. The predicted molar refractivity (Wildman–Crippen MR) is 67.3 cm³/mol. The summed E-state index contributed by atoms with van der Waals surface area (Å²) in [6, 6.07) is 0. The molecule has 0 atom stereocenters. The van der Waals surface area contributed by atoms with E-state index in [2.05, 4.69) is 21.8 Å². The van der Waals surface area contributed by atoms with Crippen LogP contribution in [0, 0.1) is 5.92 Å². The van der Waals surface area contributed by atoms with Crippen molar-refractivity contribution in [2.75, 3.05) is 18.0 Å². The van der Waals surface area contributed by atoms with Gasteiger partial charge in [0.25, 0.3) is 0 Å². The number of piperidine rings is 1. The van der Waals surface area contributed by atoms with Crippen molar-refractivity contribution in [2.24, 2.45) is 5.92 Å². The van der Waals surface area contributed by atoms with E-state index in [-0.39, 0.29) is 5.28 Å². The highest BCUT2D eigenvalue weighted by Gasteiger charge is 2.20. The van der Waals surface area contributed by atoms with Gasteiger partial charge in [0, 0.05) is 13.1 Å². The molecule has 0 radical (unpaired) electrons. The van der Waals surface area contributed by atoms with Crippen LogP contribution in [0.25, 0.3) is 0 Å². The highest BCUT2D eigenvalue weighted by molar-refractivity contribution is 6.33. The zero-order valence-corrected chi connectivity index (χ0v) is 10.8. The van der Waals surface area contributed by atoms with E-state index in [0.29, 0.717) is 5.02 Å². The van der Waals surface area contributed by atoms with Crippen LogP contribution in [-0.2, 0) is 0 Å². The Balaban J connectivity index is 2.10. The van der Waals surface area contributed by atoms with E-state index in [0.717, 1.165) is 24.8 Å². The van der Waals surface area contributed by atoms with E-state index < -0.39 is 0 Å². The maximum absolute atomic E-state index is 6.07. The van der Waals surface area contributed by atoms with Gasteiger partial charge in [0.05, 0.1) is 6.20 Å². The zero-order valence-electron chi connectivity index (χ0n) is 9.29. The molecular weight excluding hydrogens is 245 g/mol. The Morgan fingerprint density at radius 1 is 1.38 bits per heavy atom. The summed E-state index contributed by atoms with van der Waals surface area (Å²) in [5.41, 5.74) is 0. The van der Waals surface area contributed by atoms with E-state index in [1.54, 1.807) is 6.20 Å². The van der Waals surface area contributed by atoms with E-state index in [1.165, 1.54) is 19.3 Å². The van der Waals surface area contributed by atoms with Crippen LogP contribution < -0.4 is 4.90 Å². The van der Waals surface area contributed by atoms with Crippen LogP contribution in [0.1, 0.15) is 26.2 Å². The van der Waals surface area contributed by atoms with Crippen molar-refractivity contribution >= 4 is 29.0 Å². The third-order valence-corrected chi connectivity index (χ3v) is 3.64. The summed E-state index contributed by atoms with van der Waals surface area (Å²) in [5.74, 6) is 1.61. The van der Waals surface area contributed by atoms with Crippen molar-refractivity contribution in [3.63, 3.8) is 0 Å². The Morgan fingerprint density at radius 3 is 2.69 bits per heavy atom. The smallest absolute Gasteiger partial charge is 0.224 e. The Hall–Kier alpha value is -0.540. The van der Waals surface area contributed by atoms with Crippen LogP contribution in [0.2, 0.25) is 10.3 Å². The first-order chi connectivity index (χ1) is 7.70. The SMILES string of the molecule is CCC1CCN(c2nc(Cl)ncc2Cl)CC1. The van der Waals surface area contributed by atoms with Gasteiger partial charge in [0.2, 0.25) is 5.28 Å². The molecule has 1 aliphatic heterocycles. The fourth-order valence-electron chi connectivity index (χ4n) is 2.11. The summed E-state index contributed by atoms with van der Waals surface area (Å²) in [7, 11) is 0. The number of nitrogens with zero attached hydrogens (tertiary/aromatic N) is 3. The number of rotatable bonds is 2. The second-order valence-corrected chi connectivity index (χ2v) is 4.89. The number of hydrogen-bond acceptors (Lipinski definition) is 3. The van der Waals surface area contributed by atoms with Gasteiger partial charge in [-0.25, -0.2) is 4.98 Å². The fraction of sp³-hybridized carbons (Fsp3) is 0.636. The van der Waals surface area contributed by atoms with Crippen LogP contribution in [0.3, 0.4) is 0 Å². The first-order valence-electron chi connectivity index (χ1n) is 5.63. The van der Waals surface area contributed by atoms with Gasteiger partial charge in [-0.3, -0.25) is 0 Å². The maximum Gasteiger partial charge on any atom is 0.224 e. The molecule has 1 aromatic heterocycles. The van der Waals surface area contributed by atoms with Crippen molar-refractivity contribution in [2.45, 2.75) is 26.2 Å². The van der Waals surface area contributed by atoms with Crippen molar-refractivity contribution < 1.29 is 0 Å². The summed E-state index contributed by atoms with van der Waals surface area (Å²) in [4.78, 5) is 10.3. The summed E-state index contributed by atoms with van der Waals surface area (Å²) < 4.78 is 0. The number of halogens is 2. The molecule has 1 aliphatic rings. The molecule has 0 aromatic carbocycles. The average Bonchev–Trinajstić information content (AvgIpc) is 2.32. The van der Waals surface area contributed by atoms with Gasteiger partial charge in [0.1, 0.15) is 5.02 Å². The molecule has 0 amide bonds. The fourth-order valence-corrected chi connectivity index (χ4v) is 2.45. The van der Waals surface area contributed by atoms with Gasteiger partial charge >= 0.3 is 0 Å². The molecule has 0 spiro atoms. The second-order valence-electron chi connectivity index (χ2n) is 4.15. The van der Waals surface area contributed by atoms with E-state index in [4.69, 9.17) is 23.2 Å². The molecule has 0 saturated carbocycles. The summed E-state index contributed by atoms with van der Waals surface area (Å²) in [6.45, 7) is 4.26. The van der Waals surface area contributed by atoms with E-state index >= 15 is 0 Å². The van der Waals surface area contributed by atoms with Crippen LogP contribution in [0.4, 0.5) is 5.82 Å². The Kier molecular flexibility index (Phi) is 3.87.